The number of fused-ring (bicyclic) bond motifs is 1. The average Bonchev–Trinajstić information content (AvgIpc) is 2.74. The second-order valence-corrected chi connectivity index (χ2v) is 5.40. The van der Waals surface area contributed by atoms with E-state index in [2.05, 4.69) is 0 Å². The molecule has 102 valence electrons. The van der Waals surface area contributed by atoms with Gasteiger partial charge in [-0.1, -0.05) is 18.2 Å². The monoisotopic (exact) mass is 260 g/mol. The highest BCUT2D eigenvalue weighted by atomic mass is 16.5. The van der Waals surface area contributed by atoms with E-state index < -0.39 is 11.5 Å². The maximum Gasteiger partial charge on any atom is 0.313 e. The molecule has 0 aliphatic rings. The number of hydrogen-bond donors (Lipinski definition) is 1. The zero-order chi connectivity index (χ0) is 14.2. The van der Waals surface area contributed by atoms with Crippen molar-refractivity contribution in [2.45, 2.75) is 19.9 Å². The van der Waals surface area contributed by atoms with Crippen molar-refractivity contribution in [2.75, 3.05) is 7.11 Å². The smallest absolute Gasteiger partial charge is 0.313 e. The van der Waals surface area contributed by atoms with Crippen LogP contribution in [0.3, 0.4) is 0 Å². The van der Waals surface area contributed by atoms with Crippen LogP contribution in [0.1, 0.15) is 25.5 Å². The molecule has 4 nitrogen and oxygen atoms in total. The van der Waals surface area contributed by atoms with Gasteiger partial charge in [0.15, 0.2) is 0 Å². The molecule has 1 atom stereocenters. The van der Waals surface area contributed by atoms with Gasteiger partial charge in [0, 0.05) is 30.2 Å². The summed E-state index contributed by atoms with van der Waals surface area (Å²) in [6.45, 7) is 3.62. The Kier molecular flexibility index (Phi) is 3.37. The quantitative estimate of drug-likeness (QED) is 0.862. The first kappa shape index (κ1) is 13.6. The van der Waals surface area contributed by atoms with Crippen LogP contribution in [0.2, 0.25) is 0 Å². The summed E-state index contributed by atoms with van der Waals surface area (Å²) in [5.74, 6) is -0.298. The Balaban J connectivity index is 2.53. The molecule has 0 unspecified atom stereocenters. The standard InChI is InChI=1S/C15H20N2O2/c1-15(2,14(18)19-4)13(16)11-9-17(3)12-8-6-5-7-10(11)12/h5-9,13H,16H2,1-4H3/t13-/m0/s1. The van der Waals surface area contributed by atoms with E-state index in [1.807, 2.05) is 55.9 Å². The van der Waals surface area contributed by atoms with Crippen LogP contribution < -0.4 is 5.73 Å². The van der Waals surface area contributed by atoms with E-state index in [0.717, 1.165) is 16.5 Å². The van der Waals surface area contributed by atoms with Gasteiger partial charge >= 0.3 is 5.97 Å². The molecule has 0 bridgehead atoms. The number of aromatic nitrogens is 1. The summed E-state index contributed by atoms with van der Waals surface area (Å²) in [4.78, 5) is 11.9. The Morgan fingerprint density at radius 1 is 1.37 bits per heavy atom. The number of rotatable bonds is 3. The second kappa shape index (κ2) is 4.70. The highest BCUT2D eigenvalue weighted by Gasteiger charge is 2.37. The van der Waals surface area contributed by atoms with Crippen molar-refractivity contribution < 1.29 is 9.53 Å². The SMILES string of the molecule is COC(=O)C(C)(C)[C@@H](N)c1cn(C)c2ccccc12. The number of carbonyl (C=O) groups is 1. The van der Waals surface area contributed by atoms with E-state index in [0.29, 0.717) is 0 Å². The molecule has 0 saturated heterocycles. The van der Waals surface area contributed by atoms with Gasteiger partial charge in [-0.25, -0.2) is 0 Å². The van der Waals surface area contributed by atoms with Crippen molar-refractivity contribution in [2.24, 2.45) is 18.2 Å². The van der Waals surface area contributed by atoms with Crippen LogP contribution in [0.25, 0.3) is 10.9 Å². The summed E-state index contributed by atoms with van der Waals surface area (Å²) in [7, 11) is 3.36. The molecule has 2 aromatic rings. The van der Waals surface area contributed by atoms with E-state index >= 15 is 0 Å². The van der Waals surface area contributed by atoms with Gasteiger partial charge in [0.1, 0.15) is 0 Å². The number of benzene rings is 1. The predicted molar refractivity (Wildman–Crippen MR) is 75.6 cm³/mol. The van der Waals surface area contributed by atoms with E-state index in [9.17, 15) is 4.79 Å². The molecule has 0 radical (unpaired) electrons. The lowest BCUT2D eigenvalue weighted by Crippen LogP contribution is -2.37. The number of hydrogen-bond acceptors (Lipinski definition) is 3. The molecule has 2 N–H and O–H groups in total. The van der Waals surface area contributed by atoms with Gasteiger partial charge in [-0.2, -0.15) is 0 Å². The fourth-order valence-corrected chi connectivity index (χ4v) is 2.40. The summed E-state index contributed by atoms with van der Waals surface area (Å²) < 4.78 is 6.88. The van der Waals surface area contributed by atoms with Gasteiger partial charge in [0.05, 0.1) is 12.5 Å². The highest BCUT2D eigenvalue weighted by Crippen LogP contribution is 2.36. The topological polar surface area (TPSA) is 57.2 Å². The summed E-state index contributed by atoms with van der Waals surface area (Å²) in [5, 5.41) is 1.08. The molecule has 0 fully saturated rings. The van der Waals surface area contributed by atoms with Crippen molar-refractivity contribution in [3.8, 4) is 0 Å². The Bertz CT molecular complexity index is 614. The Hall–Kier alpha value is -1.81. The van der Waals surface area contributed by atoms with Crippen LogP contribution in [-0.2, 0) is 16.6 Å². The number of aryl methyl sites for hydroxylation is 1. The zero-order valence-corrected chi connectivity index (χ0v) is 11.8. The lowest BCUT2D eigenvalue weighted by atomic mass is 9.81. The number of carbonyl (C=O) groups excluding carboxylic acids is 1. The van der Waals surface area contributed by atoms with Crippen LogP contribution in [0.5, 0.6) is 0 Å². The minimum Gasteiger partial charge on any atom is -0.469 e. The number of nitrogens with zero attached hydrogens (tertiary/aromatic N) is 1. The number of ether oxygens (including phenoxy) is 1. The van der Waals surface area contributed by atoms with Crippen molar-refractivity contribution in [1.29, 1.82) is 0 Å². The molecule has 0 amide bonds. The number of nitrogens with two attached hydrogens (primary N) is 1. The van der Waals surface area contributed by atoms with Crippen LogP contribution in [0.4, 0.5) is 0 Å². The first-order chi connectivity index (χ1) is 8.89. The molecular weight excluding hydrogens is 240 g/mol. The maximum atomic E-state index is 11.9. The minimum atomic E-state index is -0.765. The molecule has 1 heterocycles. The van der Waals surface area contributed by atoms with Crippen LogP contribution >= 0.6 is 0 Å². The summed E-state index contributed by atoms with van der Waals surface area (Å²) in [6, 6.07) is 7.62. The third-order valence-corrected chi connectivity index (χ3v) is 3.75. The van der Waals surface area contributed by atoms with Crippen LogP contribution in [0, 0.1) is 5.41 Å². The Labute approximate surface area is 113 Å². The van der Waals surface area contributed by atoms with Crippen LogP contribution in [-0.4, -0.2) is 17.6 Å². The number of esters is 1. The fraction of sp³-hybridized carbons (Fsp3) is 0.400. The highest BCUT2D eigenvalue weighted by molar-refractivity contribution is 5.86. The first-order valence-electron chi connectivity index (χ1n) is 6.27. The number of para-hydroxylation sites is 1. The van der Waals surface area contributed by atoms with Crippen molar-refractivity contribution >= 4 is 16.9 Å². The van der Waals surface area contributed by atoms with Crippen molar-refractivity contribution in [3.05, 3.63) is 36.0 Å². The van der Waals surface area contributed by atoms with Gasteiger partial charge in [0.25, 0.3) is 0 Å². The maximum absolute atomic E-state index is 11.9. The Morgan fingerprint density at radius 3 is 2.63 bits per heavy atom. The summed E-state index contributed by atoms with van der Waals surface area (Å²) >= 11 is 0. The summed E-state index contributed by atoms with van der Waals surface area (Å²) in [5.41, 5.74) is 7.62. The molecule has 0 aliphatic heterocycles. The zero-order valence-electron chi connectivity index (χ0n) is 11.8. The fourth-order valence-electron chi connectivity index (χ4n) is 2.40. The minimum absolute atomic E-state index is 0.298. The lowest BCUT2D eigenvalue weighted by molar-refractivity contribution is -0.152. The van der Waals surface area contributed by atoms with Gasteiger partial charge in [-0.3, -0.25) is 4.79 Å². The molecule has 1 aromatic carbocycles. The predicted octanol–water partition coefficient (Wildman–Crippen LogP) is 2.38. The van der Waals surface area contributed by atoms with Gasteiger partial charge in [-0.15, -0.1) is 0 Å². The van der Waals surface area contributed by atoms with Crippen molar-refractivity contribution in [3.63, 3.8) is 0 Å². The second-order valence-electron chi connectivity index (χ2n) is 5.40. The molecular formula is C15H20N2O2. The van der Waals surface area contributed by atoms with E-state index in [1.165, 1.54) is 7.11 Å². The van der Waals surface area contributed by atoms with Gasteiger partial charge in [-0.05, 0) is 25.5 Å². The number of methoxy groups -OCH3 is 1. The first-order valence-corrected chi connectivity index (χ1v) is 6.27. The largest absolute Gasteiger partial charge is 0.469 e. The van der Waals surface area contributed by atoms with E-state index in [1.54, 1.807) is 0 Å². The third-order valence-electron chi connectivity index (χ3n) is 3.75. The molecule has 2 rings (SSSR count). The van der Waals surface area contributed by atoms with E-state index in [-0.39, 0.29) is 5.97 Å². The normalized spacial score (nSPS) is 13.5. The Morgan fingerprint density at radius 2 is 2.00 bits per heavy atom. The van der Waals surface area contributed by atoms with Crippen LogP contribution in [0.15, 0.2) is 30.5 Å². The van der Waals surface area contributed by atoms with E-state index in [4.69, 9.17) is 10.5 Å². The lowest BCUT2D eigenvalue weighted by Gasteiger charge is -2.28. The van der Waals surface area contributed by atoms with Crippen molar-refractivity contribution in [1.82, 2.24) is 4.57 Å². The third kappa shape index (κ3) is 2.12. The molecule has 19 heavy (non-hydrogen) atoms. The molecule has 0 saturated carbocycles. The average molecular weight is 260 g/mol. The van der Waals surface area contributed by atoms with Gasteiger partial charge in [0.2, 0.25) is 0 Å². The summed E-state index contributed by atoms with van der Waals surface area (Å²) in [6.07, 6.45) is 1.99. The molecule has 1 aromatic heterocycles. The van der Waals surface area contributed by atoms with Gasteiger partial charge < -0.3 is 15.0 Å². The molecule has 0 spiro atoms. The molecule has 0 aliphatic carbocycles. The molecule has 4 heteroatoms.